The van der Waals surface area contributed by atoms with Gasteiger partial charge >= 0.3 is 0 Å². The number of aryl methyl sites for hydroxylation is 1. The highest BCUT2D eigenvalue weighted by molar-refractivity contribution is 7.14. The molecule has 0 unspecified atom stereocenters. The number of hydrogen-bond donors (Lipinski definition) is 1. The second-order valence-electron chi connectivity index (χ2n) is 5.71. The smallest absolute Gasteiger partial charge is 0.187 e. The number of nitrogens with zero attached hydrogens (tertiary/aromatic N) is 3. The Balaban J connectivity index is 1.61. The first-order valence-corrected chi connectivity index (χ1v) is 8.82. The number of imidazole rings is 1. The standard InChI is InChI=1S/C19H16N4OS/c1-13-18(23-10-3-2-4-17(23)20-13)16-12-25-19(22-16)21-15-7-5-14(6-8-15)9-11-24/h2-8,10-12H,9H2,1H3,(H,21,22). The molecule has 0 bridgehead atoms. The monoisotopic (exact) mass is 348 g/mol. The van der Waals surface area contributed by atoms with Gasteiger partial charge in [-0.2, -0.15) is 0 Å². The van der Waals surface area contributed by atoms with Crippen molar-refractivity contribution in [3.05, 3.63) is 65.3 Å². The first-order valence-electron chi connectivity index (χ1n) is 7.94. The number of aldehydes is 1. The molecule has 0 aliphatic heterocycles. The van der Waals surface area contributed by atoms with E-state index in [1.54, 1.807) is 11.3 Å². The maximum atomic E-state index is 10.6. The van der Waals surface area contributed by atoms with Crippen LogP contribution in [0.25, 0.3) is 17.0 Å². The summed E-state index contributed by atoms with van der Waals surface area (Å²) < 4.78 is 2.06. The fourth-order valence-electron chi connectivity index (χ4n) is 2.81. The number of carbonyl (C=O) groups is 1. The van der Waals surface area contributed by atoms with Crippen LogP contribution < -0.4 is 5.32 Å². The van der Waals surface area contributed by atoms with Gasteiger partial charge in [0.15, 0.2) is 5.13 Å². The number of carbonyl (C=O) groups excluding carboxylic acids is 1. The van der Waals surface area contributed by atoms with Gasteiger partial charge in [-0.05, 0) is 36.8 Å². The first-order chi connectivity index (χ1) is 12.2. The summed E-state index contributed by atoms with van der Waals surface area (Å²) in [5.41, 5.74) is 5.75. The van der Waals surface area contributed by atoms with E-state index >= 15 is 0 Å². The van der Waals surface area contributed by atoms with Crippen molar-refractivity contribution < 1.29 is 4.79 Å². The molecule has 0 fully saturated rings. The van der Waals surface area contributed by atoms with Gasteiger partial charge in [0.1, 0.15) is 17.6 Å². The van der Waals surface area contributed by atoms with E-state index in [1.165, 1.54) is 0 Å². The van der Waals surface area contributed by atoms with Crippen LogP contribution in [0.2, 0.25) is 0 Å². The number of benzene rings is 1. The summed E-state index contributed by atoms with van der Waals surface area (Å²) in [6, 6.07) is 13.8. The molecular formula is C19H16N4OS. The van der Waals surface area contributed by atoms with Gasteiger partial charge in [0.2, 0.25) is 0 Å². The molecule has 5 nitrogen and oxygen atoms in total. The largest absolute Gasteiger partial charge is 0.332 e. The fraction of sp³-hybridized carbons (Fsp3) is 0.105. The molecular weight excluding hydrogens is 332 g/mol. The number of anilines is 2. The van der Waals surface area contributed by atoms with E-state index in [9.17, 15) is 4.79 Å². The van der Waals surface area contributed by atoms with Crippen LogP contribution in [0.1, 0.15) is 11.3 Å². The highest BCUT2D eigenvalue weighted by Crippen LogP contribution is 2.29. The van der Waals surface area contributed by atoms with E-state index in [-0.39, 0.29) is 0 Å². The second kappa shape index (κ2) is 6.49. The van der Waals surface area contributed by atoms with Crippen LogP contribution in [-0.4, -0.2) is 20.7 Å². The van der Waals surface area contributed by atoms with Crippen molar-refractivity contribution in [2.75, 3.05) is 5.32 Å². The summed E-state index contributed by atoms with van der Waals surface area (Å²) in [6.45, 7) is 2.00. The second-order valence-corrected chi connectivity index (χ2v) is 6.56. The van der Waals surface area contributed by atoms with Crippen LogP contribution in [0.3, 0.4) is 0 Å². The zero-order valence-corrected chi connectivity index (χ0v) is 14.5. The molecule has 3 aromatic heterocycles. The fourth-order valence-corrected chi connectivity index (χ4v) is 3.52. The number of thiazole rings is 1. The van der Waals surface area contributed by atoms with Crippen molar-refractivity contribution >= 4 is 34.1 Å². The van der Waals surface area contributed by atoms with E-state index in [4.69, 9.17) is 4.98 Å². The summed E-state index contributed by atoms with van der Waals surface area (Å²) in [6.07, 6.45) is 3.35. The number of hydrogen-bond acceptors (Lipinski definition) is 5. The molecule has 0 radical (unpaired) electrons. The summed E-state index contributed by atoms with van der Waals surface area (Å²) in [7, 11) is 0. The van der Waals surface area contributed by atoms with Crippen LogP contribution in [0.5, 0.6) is 0 Å². The molecule has 0 saturated carbocycles. The highest BCUT2D eigenvalue weighted by atomic mass is 32.1. The highest BCUT2D eigenvalue weighted by Gasteiger charge is 2.13. The van der Waals surface area contributed by atoms with Crippen LogP contribution in [0.4, 0.5) is 10.8 Å². The summed E-state index contributed by atoms with van der Waals surface area (Å²) in [5.74, 6) is 0. The third-order valence-electron chi connectivity index (χ3n) is 3.98. The molecule has 0 aliphatic carbocycles. The molecule has 0 aliphatic rings. The zero-order valence-electron chi connectivity index (χ0n) is 13.6. The molecule has 6 heteroatoms. The lowest BCUT2D eigenvalue weighted by Crippen LogP contribution is -1.92. The first kappa shape index (κ1) is 15.5. The summed E-state index contributed by atoms with van der Waals surface area (Å²) in [5, 5.41) is 6.17. The maximum absolute atomic E-state index is 10.6. The van der Waals surface area contributed by atoms with Gasteiger partial charge in [-0.15, -0.1) is 11.3 Å². The molecule has 1 aromatic carbocycles. The molecule has 0 amide bonds. The molecule has 4 aromatic rings. The molecule has 0 atom stereocenters. The number of pyridine rings is 1. The Labute approximate surface area is 149 Å². The van der Waals surface area contributed by atoms with E-state index in [0.717, 1.165) is 45.4 Å². The van der Waals surface area contributed by atoms with Crippen molar-refractivity contribution in [2.45, 2.75) is 13.3 Å². The van der Waals surface area contributed by atoms with Gasteiger partial charge in [0.25, 0.3) is 0 Å². The van der Waals surface area contributed by atoms with Gasteiger partial charge in [0, 0.05) is 23.7 Å². The van der Waals surface area contributed by atoms with Crippen LogP contribution in [-0.2, 0) is 11.2 Å². The molecule has 3 heterocycles. The van der Waals surface area contributed by atoms with Crippen molar-refractivity contribution in [2.24, 2.45) is 0 Å². The van der Waals surface area contributed by atoms with E-state index < -0.39 is 0 Å². The lowest BCUT2D eigenvalue weighted by atomic mass is 10.1. The maximum Gasteiger partial charge on any atom is 0.187 e. The lowest BCUT2D eigenvalue weighted by molar-refractivity contribution is -0.107. The van der Waals surface area contributed by atoms with Crippen molar-refractivity contribution in [3.8, 4) is 11.4 Å². The van der Waals surface area contributed by atoms with Gasteiger partial charge in [0.05, 0.1) is 11.4 Å². The van der Waals surface area contributed by atoms with Gasteiger partial charge in [-0.3, -0.25) is 4.40 Å². The number of fused-ring (bicyclic) bond motifs is 1. The van der Waals surface area contributed by atoms with Gasteiger partial charge in [-0.1, -0.05) is 18.2 Å². The minimum Gasteiger partial charge on any atom is -0.332 e. The molecule has 124 valence electrons. The van der Waals surface area contributed by atoms with Gasteiger partial charge in [-0.25, -0.2) is 9.97 Å². The topological polar surface area (TPSA) is 59.3 Å². The summed E-state index contributed by atoms with van der Waals surface area (Å²) in [4.78, 5) is 19.9. The minimum atomic E-state index is 0.440. The number of aromatic nitrogens is 3. The Morgan fingerprint density at radius 2 is 2.00 bits per heavy atom. The van der Waals surface area contributed by atoms with E-state index in [0.29, 0.717) is 6.42 Å². The normalized spacial score (nSPS) is 10.9. The summed E-state index contributed by atoms with van der Waals surface area (Å²) >= 11 is 1.55. The Kier molecular flexibility index (Phi) is 4.03. The molecule has 0 spiro atoms. The Hall–Kier alpha value is -2.99. The molecule has 4 rings (SSSR count). The predicted molar refractivity (Wildman–Crippen MR) is 101 cm³/mol. The Bertz CT molecular complexity index is 1030. The van der Waals surface area contributed by atoms with Gasteiger partial charge < -0.3 is 10.1 Å². The predicted octanol–water partition coefficient (Wildman–Crippen LogP) is 4.25. The van der Waals surface area contributed by atoms with E-state index in [1.807, 2.05) is 61.0 Å². The van der Waals surface area contributed by atoms with Crippen LogP contribution in [0.15, 0.2) is 54.0 Å². The number of nitrogens with one attached hydrogen (secondary N) is 1. The Morgan fingerprint density at radius 1 is 1.16 bits per heavy atom. The molecule has 0 saturated heterocycles. The van der Waals surface area contributed by atoms with Crippen molar-refractivity contribution in [1.82, 2.24) is 14.4 Å². The third-order valence-corrected chi connectivity index (χ3v) is 4.73. The van der Waals surface area contributed by atoms with E-state index in [2.05, 4.69) is 14.7 Å². The minimum absolute atomic E-state index is 0.440. The average molecular weight is 348 g/mol. The lowest BCUT2D eigenvalue weighted by Gasteiger charge is -2.03. The average Bonchev–Trinajstić information content (AvgIpc) is 3.19. The van der Waals surface area contributed by atoms with Crippen LogP contribution >= 0.6 is 11.3 Å². The molecule has 1 N–H and O–H groups in total. The zero-order chi connectivity index (χ0) is 17.2. The number of rotatable bonds is 5. The van der Waals surface area contributed by atoms with Crippen molar-refractivity contribution in [1.29, 1.82) is 0 Å². The van der Waals surface area contributed by atoms with Crippen molar-refractivity contribution in [3.63, 3.8) is 0 Å². The Morgan fingerprint density at radius 3 is 2.80 bits per heavy atom. The van der Waals surface area contributed by atoms with Crippen LogP contribution in [0, 0.1) is 6.92 Å². The molecule has 25 heavy (non-hydrogen) atoms. The third kappa shape index (κ3) is 3.04. The quantitative estimate of drug-likeness (QED) is 0.548. The SMILES string of the molecule is Cc1nc2ccccn2c1-c1csc(Nc2ccc(CC=O)cc2)n1.